The number of unbranched alkanes of at least 4 members (excludes halogenated alkanes) is 22. The van der Waals surface area contributed by atoms with Gasteiger partial charge in [-0.05, 0) is 51.4 Å². The Labute approximate surface area is 312 Å². The molecule has 0 heterocycles. The zero-order chi connectivity index (χ0) is 37.5. The van der Waals surface area contributed by atoms with Crippen molar-refractivity contribution in [1.82, 2.24) is 0 Å². The van der Waals surface area contributed by atoms with Gasteiger partial charge in [-0.1, -0.05) is 172 Å². The molecule has 0 aromatic heterocycles. The van der Waals surface area contributed by atoms with Crippen molar-refractivity contribution in [3.63, 3.8) is 0 Å². The van der Waals surface area contributed by atoms with E-state index in [9.17, 15) is 14.2 Å². The molecular weight excluding hydrogens is 663 g/mol. The molecule has 0 aromatic rings. The summed E-state index contributed by atoms with van der Waals surface area (Å²) >= 11 is 0. The smallest absolute Gasteiger partial charge is 0.462 e. The van der Waals surface area contributed by atoms with E-state index in [1.165, 1.54) is 116 Å². The third kappa shape index (κ3) is 40.9. The molecule has 0 saturated heterocycles. The number of carbonyl (C=O) groups is 2. The van der Waals surface area contributed by atoms with Crippen molar-refractivity contribution in [2.45, 2.75) is 206 Å². The molecule has 0 bridgehead atoms. The molecule has 0 amide bonds. The molecular formula is C42H77O8P. The minimum atomic E-state index is -4.76. The molecule has 1 atom stereocenters. The van der Waals surface area contributed by atoms with Gasteiger partial charge in [0.2, 0.25) is 0 Å². The maximum Gasteiger partial charge on any atom is 0.469 e. The number of hydrogen-bond acceptors (Lipinski definition) is 6. The van der Waals surface area contributed by atoms with Crippen molar-refractivity contribution in [3.05, 3.63) is 36.5 Å². The summed E-state index contributed by atoms with van der Waals surface area (Å²) in [4.78, 5) is 42.8. The van der Waals surface area contributed by atoms with Crippen LogP contribution in [0.2, 0.25) is 0 Å². The molecule has 0 unspecified atom stereocenters. The molecule has 298 valence electrons. The summed E-state index contributed by atoms with van der Waals surface area (Å²) in [5.41, 5.74) is 0. The van der Waals surface area contributed by atoms with Crippen molar-refractivity contribution >= 4 is 19.8 Å². The average molecular weight is 741 g/mol. The Morgan fingerprint density at radius 2 is 0.882 bits per heavy atom. The summed E-state index contributed by atoms with van der Waals surface area (Å²) in [6.45, 7) is 3.64. The maximum absolute atomic E-state index is 12.4. The number of carbonyl (C=O) groups excluding carboxylic acids is 2. The Kier molecular flexibility index (Phi) is 36.7. The minimum absolute atomic E-state index is 0.165. The summed E-state index contributed by atoms with van der Waals surface area (Å²) < 4.78 is 26.3. The van der Waals surface area contributed by atoms with Gasteiger partial charge in [0.05, 0.1) is 6.61 Å². The largest absolute Gasteiger partial charge is 0.469 e. The number of hydrogen-bond donors (Lipinski definition) is 2. The van der Waals surface area contributed by atoms with Crippen LogP contribution >= 0.6 is 7.82 Å². The van der Waals surface area contributed by atoms with Crippen LogP contribution in [0.5, 0.6) is 0 Å². The van der Waals surface area contributed by atoms with Gasteiger partial charge in [-0.3, -0.25) is 14.1 Å². The third-order valence-corrected chi connectivity index (χ3v) is 9.40. The van der Waals surface area contributed by atoms with Crippen LogP contribution in [0.15, 0.2) is 36.5 Å². The number of ether oxygens (including phenoxy) is 2. The van der Waals surface area contributed by atoms with E-state index >= 15 is 0 Å². The van der Waals surface area contributed by atoms with Gasteiger partial charge in [-0.2, -0.15) is 0 Å². The molecule has 0 radical (unpaired) electrons. The van der Waals surface area contributed by atoms with Crippen molar-refractivity contribution in [3.8, 4) is 0 Å². The van der Waals surface area contributed by atoms with E-state index in [1.54, 1.807) is 0 Å². The second-order valence-corrected chi connectivity index (χ2v) is 15.2. The fraction of sp³-hybridized carbons (Fsp3) is 0.810. The SMILES string of the molecule is CCCCC/C=C/C/C=C/C/C=C/CCCCC(=O)O[C@H](COC(=O)CCCCCCCCCCCCCCCCCCCC)COP(=O)(O)O. The first-order valence-electron chi connectivity index (χ1n) is 20.8. The second kappa shape index (κ2) is 38.0. The fourth-order valence-corrected chi connectivity index (χ4v) is 6.15. The number of phosphoric acid groups is 1. The van der Waals surface area contributed by atoms with Crippen LogP contribution in [0.3, 0.4) is 0 Å². The van der Waals surface area contributed by atoms with E-state index < -0.39 is 32.5 Å². The molecule has 0 spiro atoms. The summed E-state index contributed by atoms with van der Waals surface area (Å²) in [5.74, 6) is -0.923. The van der Waals surface area contributed by atoms with Gasteiger partial charge >= 0.3 is 19.8 Å². The fourth-order valence-electron chi connectivity index (χ4n) is 5.79. The van der Waals surface area contributed by atoms with Crippen LogP contribution in [-0.4, -0.2) is 41.0 Å². The average Bonchev–Trinajstić information content (AvgIpc) is 3.10. The lowest BCUT2D eigenvalue weighted by atomic mass is 10.0. The van der Waals surface area contributed by atoms with Crippen LogP contribution in [0.25, 0.3) is 0 Å². The van der Waals surface area contributed by atoms with Gasteiger partial charge in [0.15, 0.2) is 6.10 Å². The van der Waals surface area contributed by atoms with Crippen LogP contribution in [0.4, 0.5) is 0 Å². The molecule has 8 nitrogen and oxygen atoms in total. The Hall–Kier alpha value is -1.73. The molecule has 51 heavy (non-hydrogen) atoms. The van der Waals surface area contributed by atoms with Gasteiger partial charge in [-0.15, -0.1) is 0 Å². The number of rotatable bonds is 38. The first kappa shape index (κ1) is 49.3. The van der Waals surface area contributed by atoms with E-state index in [0.29, 0.717) is 6.42 Å². The van der Waals surface area contributed by atoms with Crippen LogP contribution in [-0.2, 0) is 28.2 Å². The predicted octanol–water partition coefficient (Wildman–Crippen LogP) is 12.6. The molecule has 0 fully saturated rings. The van der Waals surface area contributed by atoms with Crippen molar-refractivity contribution in [2.75, 3.05) is 13.2 Å². The highest BCUT2D eigenvalue weighted by molar-refractivity contribution is 7.46. The molecule has 0 aliphatic rings. The number of phosphoric ester groups is 1. The van der Waals surface area contributed by atoms with E-state index in [2.05, 4.69) is 54.8 Å². The lowest BCUT2D eigenvalue weighted by molar-refractivity contribution is -0.161. The highest BCUT2D eigenvalue weighted by Gasteiger charge is 2.22. The standard InChI is InChI=1S/C42H77O8P/c1-3-5-7-9-11-13-15-17-19-20-21-23-24-26-28-30-32-34-36-41(43)48-38-40(39-49-51(45,46)47)50-42(44)37-35-33-31-29-27-25-22-18-16-14-12-10-8-6-4-2/h12,14,18,22,27,29,40H,3-11,13,15-17,19-21,23-26,28,30-39H2,1-2H3,(H2,45,46,47)/b14-12+,22-18+,29-27+/t40-/m1/s1. The normalized spacial score (nSPS) is 12.8. The van der Waals surface area contributed by atoms with E-state index in [0.717, 1.165) is 51.4 Å². The lowest BCUT2D eigenvalue weighted by Crippen LogP contribution is -2.29. The first-order valence-corrected chi connectivity index (χ1v) is 22.3. The molecule has 0 aliphatic heterocycles. The lowest BCUT2D eigenvalue weighted by Gasteiger charge is -2.18. The summed E-state index contributed by atoms with van der Waals surface area (Å²) in [7, 11) is -4.76. The molecule has 0 saturated carbocycles. The third-order valence-electron chi connectivity index (χ3n) is 8.91. The maximum atomic E-state index is 12.4. The molecule has 9 heteroatoms. The zero-order valence-corrected chi connectivity index (χ0v) is 33.6. The topological polar surface area (TPSA) is 119 Å². The van der Waals surface area contributed by atoms with Crippen molar-refractivity contribution in [2.24, 2.45) is 0 Å². The molecule has 2 N–H and O–H groups in total. The summed E-state index contributed by atoms with van der Waals surface area (Å²) in [6, 6.07) is 0. The van der Waals surface area contributed by atoms with E-state index in [4.69, 9.17) is 19.3 Å². The van der Waals surface area contributed by atoms with Gasteiger partial charge in [0.1, 0.15) is 6.61 Å². The van der Waals surface area contributed by atoms with Gasteiger partial charge in [0.25, 0.3) is 0 Å². The van der Waals surface area contributed by atoms with Crippen molar-refractivity contribution < 1.29 is 37.9 Å². The number of allylic oxidation sites excluding steroid dienone is 6. The Bertz CT molecular complexity index is 926. The van der Waals surface area contributed by atoms with E-state index in [1.807, 2.05) is 0 Å². The van der Waals surface area contributed by atoms with Gasteiger partial charge in [-0.25, -0.2) is 4.57 Å². The van der Waals surface area contributed by atoms with E-state index in [-0.39, 0.29) is 19.4 Å². The Balaban J connectivity index is 3.95. The van der Waals surface area contributed by atoms with Gasteiger partial charge in [0, 0.05) is 12.8 Å². The second-order valence-electron chi connectivity index (χ2n) is 14.0. The summed E-state index contributed by atoms with van der Waals surface area (Å²) in [5, 5.41) is 0. The predicted molar refractivity (Wildman–Crippen MR) is 211 cm³/mol. The highest BCUT2D eigenvalue weighted by Crippen LogP contribution is 2.36. The van der Waals surface area contributed by atoms with Crippen LogP contribution < -0.4 is 0 Å². The molecule has 0 rings (SSSR count). The highest BCUT2D eigenvalue weighted by atomic mass is 31.2. The Morgan fingerprint density at radius 3 is 1.35 bits per heavy atom. The summed E-state index contributed by atoms with van der Waals surface area (Å²) in [6.07, 6.45) is 44.4. The Morgan fingerprint density at radius 1 is 0.510 bits per heavy atom. The van der Waals surface area contributed by atoms with Crippen molar-refractivity contribution in [1.29, 1.82) is 0 Å². The quantitative estimate of drug-likeness (QED) is 0.0278. The first-order chi connectivity index (χ1) is 24.8. The number of esters is 2. The zero-order valence-electron chi connectivity index (χ0n) is 32.8. The molecule has 0 aromatic carbocycles. The van der Waals surface area contributed by atoms with Crippen LogP contribution in [0.1, 0.15) is 200 Å². The minimum Gasteiger partial charge on any atom is -0.462 e. The molecule has 0 aliphatic carbocycles. The monoisotopic (exact) mass is 741 g/mol. The van der Waals surface area contributed by atoms with Crippen LogP contribution in [0, 0.1) is 0 Å². The van der Waals surface area contributed by atoms with Gasteiger partial charge < -0.3 is 19.3 Å².